The zero-order chi connectivity index (χ0) is 29.8. The minimum atomic E-state index is -1.39. The molecule has 226 valence electrons. The number of benzene rings is 1. The summed E-state index contributed by atoms with van der Waals surface area (Å²) in [6.07, 6.45) is -0.448. The monoisotopic (exact) mass is 582 g/mol. The summed E-state index contributed by atoms with van der Waals surface area (Å²) in [5, 5.41) is 52.2. The molecule has 0 radical (unpaired) electrons. The van der Waals surface area contributed by atoms with Gasteiger partial charge in [0.1, 0.15) is 11.8 Å². The second kappa shape index (κ2) is 15.9. The molecule has 41 heavy (non-hydrogen) atoms. The van der Waals surface area contributed by atoms with Gasteiger partial charge in [0.2, 0.25) is 0 Å². The van der Waals surface area contributed by atoms with Gasteiger partial charge in [-0.1, -0.05) is 0 Å². The summed E-state index contributed by atoms with van der Waals surface area (Å²) in [5.41, 5.74) is 0.110. The number of aliphatic hydroxyl groups is 2. The Bertz CT molecular complexity index is 1160. The van der Waals surface area contributed by atoms with Crippen molar-refractivity contribution < 1.29 is 43.8 Å². The molecule has 4 N–H and O–H groups in total. The molecule has 0 saturated carbocycles. The van der Waals surface area contributed by atoms with Gasteiger partial charge in [-0.2, -0.15) is 5.10 Å². The van der Waals surface area contributed by atoms with Crippen molar-refractivity contribution in [3.63, 3.8) is 0 Å². The van der Waals surface area contributed by atoms with Gasteiger partial charge in [0, 0.05) is 38.3 Å². The van der Waals surface area contributed by atoms with Crippen molar-refractivity contribution in [1.29, 1.82) is 0 Å². The molecular formula is C24H34N6O11. The van der Waals surface area contributed by atoms with Crippen molar-refractivity contribution in [1.82, 2.24) is 15.1 Å². The molecule has 1 aliphatic heterocycles. The molecule has 0 aliphatic carbocycles. The molecule has 4 unspecified atom stereocenters. The van der Waals surface area contributed by atoms with Crippen LogP contribution in [0.2, 0.25) is 0 Å². The minimum Gasteiger partial charge on any atom is -0.390 e. The Morgan fingerprint density at radius 1 is 1.05 bits per heavy atom. The van der Waals surface area contributed by atoms with Gasteiger partial charge in [0.05, 0.1) is 74.5 Å². The first-order chi connectivity index (χ1) is 19.7. The maximum atomic E-state index is 12.4. The number of rotatable bonds is 17. The average Bonchev–Trinajstić information content (AvgIpc) is 3.38. The Hall–Kier alpha value is -3.74. The maximum absolute atomic E-state index is 12.4. The molecule has 3 rings (SSSR count). The first-order valence-electron chi connectivity index (χ1n) is 12.8. The van der Waals surface area contributed by atoms with Crippen LogP contribution < -0.4 is 10.6 Å². The Labute approximate surface area is 234 Å². The number of ether oxygens (including phenoxy) is 4. The minimum absolute atomic E-state index is 0.0678. The van der Waals surface area contributed by atoms with E-state index in [1.165, 1.54) is 12.1 Å². The highest BCUT2D eigenvalue weighted by molar-refractivity contribution is 5.81. The molecule has 1 amide bonds. The SMILES string of the molecule is Cn1cc(C2COC(C(=O)NCCOCCOCCOCCNc3ccc([N+](=O)[O-])cc3[N+](=O)[O-])C(O)C2O)cn1. The molecular weight excluding hydrogens is 548 g/mol. The number of anilines is 1. The second-order valence-electron chi connectivity index (χ2n) is 9.06. The van der Waals surface area contributed by atoms with E-state index in [1.54, 1.807) is 24.1 Å². The lowest BCUT2D eigenvalue weighted by atomic mass is 9.88. The van der Waals surface area contributed by atoms with Crippen molar-refractivity contribution in [3.8, 4) is 0 Å². The summed E-state index contributed by atoms with van der Waals surface area (Å²) in [6, 6.07) is 3.36. The van der Waals surface area contributed by atoms with Crippen LogP contribution in [0.4, 0.5) is 17.1 Å². The maximum Gasteiger partial charge on any atom is 0.299 e. The molecule has 1 fully saturated rings. The van der Waals surface area contributed by atoms with E-state index < -0.39 is 45.7 Å². The lowest BCUT2D eigenvalue weighted by Gasteiger charge is -2.36. The Balaban J connectivity index is 1.18. The number of aliphatic hydroxyl groups excluding tert-OH is 2. The largest absolute Gasteiger partial charge is 0.390 e. The van der Waals surface area contributed by atoms with E-state index in [0.29, 0.717) is 5.56 Å². The molecule has 1 saturated heterocycles. The summed E-state index contributed by atoms with van der Waals surface area (Å²) in [6.45, 7) is 2.06. The van der Waals surface area contributed by atoms with Crippen molar-refractivity contribution >= 4 is 23.0 Å². The quantitative estimate of drug-likeness (QED) is 0.107. The number of aromatic nitrogens is 2. The number of nitrogens with one attached hydrogen (secondary N) is 2. The number of nitro benzene ring substituents is 2. The summed E-state index contributed by atoms with van der Waals surface area (Å²) in [7, 11) is 1.74. The van der Waals surface area contributed by atoms with Gasteiger partial charge in [-0.3, -0.25) is 29.7 Å². The van der Waals surface area contributed by atoms with Crippen molar-refractivity contribution in [2.24, 2.45) is 7.05 Å². The summed E-state index contributed by atoms with van der Waals surface area (Å²) in [5.74, 6) is -1.03. The van der Waals surface area contributed by atoms with Gasteiger partial charge in [-0.15, -0.1) is 0 Å². The fraction of sp³-hybridized carbons (Fsp3) is 0.583. The van der Waals surface area contributed by atoms with Crippen molar-refractivity contribution in [2.75, 3.05) is 64.7 Å². The predicted molar refractivity (Wildman–Crippen MR) is 141 cm³/mol. The number of non-ortho nitro benzene ring substituents is 1. The third kappa shape index (κ3) is 9.41. The van der Waals surface area contributed by atoms with Gasteiger partial charge >= 0.3 is 0 Å². The lowest BCUT2D eigenvalue weighted by molar-refractivity contribution is -0.393. The van der Waals surface area contributed by atoms with Crippen LogP contribution in [-0.4, -0.2) is 113 Å². The number of nitro groups is 2. The van der Waals surface area contributed by atoms with Crippen LogP contribution in [0.1, 0.15) is 11.5 Å². The number of hydrogen-bond donors (Lipinski definition) is 4. The van der Waals surface area contributed by atoms with Crippen LogP contribution in [-0.2, 0) is 30.8 Å². The Morgan fingerprint density at radius 3 is 2.32 bits per heavy atom. The van der Waals surface area contributed by atoms with Gasteiger partial charge in [0.25, 0.3) is 17.3 Å². The third-order valence-electron chi connectivity index (χ3n) is 6.18. The van der Waals surface area contributed by atoms with Crippen LogP contribution in [0, 0.1) is 20.2 Å². The van der Waals surface area contributed by atoms with Crippen LogP contribution in [0.25, 0.3) is 0 Å². The highest BCUT2D eigenvalue weighted by Crippen LogP contribution is 2.30. The van der Waals surface area contributed by atoms with E-state index in [1.807, 2.05) is 0 Å². The standard InChI is InChI=1S/C24H34N6O11/c1-28-14-16(13-27-28)18-15-41-23(22(32)21(18)31)24(33)26-5-7-39-9-11-40-10-8-38-6-4-25-19-3-2-17(29(34)35)12-20(19)30(36)37/h2-3,12-14,18,21-23,25,31-32H,4-11,15H2,1H3,(H,26,33). The van der Waals surface area contributed by atoms with E-state index >= 15 is 0 Å². The zero-order valence-corrected chi connectivity index (χ0v) is 22.4. The van der Waals surface area contributed by atoms with Gasteiger partial charge in [-0.05, 0) is 11.6 Å². The second-order valence-corrected chi connectivity index (χ2v) is 9.06. The normalized spacial score (nSPS) is 20.5. The zero-order valence-electron chi connectivity index (χ0n) is 22.4. The number of carbonyl (C=O) groups is 1. The molecule has 1 aliphatic rings. The number of nitrogens with zero attached hydrogens (tertiary/aromatic N) is 4. The smallest absolute Gasteiger partial charge is 0.299 e. The van der Waals surface area contributed by atoms with Crippen LogP contribution in [0.5, 0.6) is 0 Å². The van der Waals surface area contributed by atoms with Gasteiger partial charge in [0.15, 0.2) is 6.10 Å². The van der Waals surface area contributed by atoms with Crippen LogP contribution >= 0.6 is 0 Å². The molecule has 2 aromatic rings. The average molecular weight is 583 g/mol. The Morgan fingerprint density at radius 2 is 1.71 bits per heavy atom. The first kappa shape index (κ1) is 31.8. The summed E-state index contributed by atoms with van der Waals surface area (Å²) >= 11 is 0. The van der Waals surface area contributed by atoms with E-state index in [-0.39, 0.29) is 70.7 Å². The fourth-order valence-corrected chi connectivity index (χ4v) is 4.06. The van der Waals surface area contributed by atoms with E-state index in [2.05, 4.69) is 15.7 Å². The fourth-order valence-electron chi connectivity index (χ4n) is 4.06. The molecule has 17 heteroatoms. The number of aryl methyl sites for hydroxylation is 1. The Kier molecular flexibility index (Phi) is 12.3. The highest BCUT2D eigenvalue weighted by atomic mass is 16.6. The van der Waals surface area contributed by atoms with Crippen LogP contribution in [0.3, 0.4) is 0 Å². The number of amides is 1. The molecule has 17 nitrogen and oxygen atoms in total. The summed E-state index contributed by atoms with van der Waals surface area (Å²) in [4.78, 5) is 32.9. The molecule has 0 spiro atoms. The van der Waals surface area contributed by atoms with Crippen LogP contribution in [0.15, 0.2) is 30.6 Å². The molecule has 0 bridgehead atoms. The van der Waals surface area contributed by atoms with E-state index in [4.69, 9.17) is 18.9 Å². The van der Waals surface area contributed by atoms with Gasteiger partial charge < -0.3 is 39.8 Å². The van der Waals surface area contributed by atoms with Gasteiger partial charge in [-0.25, -0.2) is 0 Å². The first-order valence-corrected chi connectivity index (χ1v) is 12.8. The molecule has 1 aromatic carbocycles. The molecule has 2 heterocycles. The molecule has 4 atom stereocenters. The topological polar surface area (TPSA) is 223 Å². The number of carbonyl (C=O) groups excluding carboxylic acids is 1. The lowest BCUT2D eigenvalue weighted by Crippen LogP contribution is -2.55. The van der Waals surface area contributed by atoms with E-state index in [0.717, 1.165) is 6.07 Å². The molecule has 1 aromatic heterocycles. The van der Waals surface area contributed by atoms with E-state index in [9.17, 15) is 35.2 Å². The third-order valence-corrected chi connectivity index (χ3v) is 6.18. The highest BCUT2D eigenvalue weighted by Gasteiger charge is 2.42. The summed E-state index contributed by atoms with van der Waals surface area (Å²) < 4.78 is 23.3. The number of hydrogen-bond acceptors (Lipinski definition) is 13. The predicted octanol–water partition coefficient (Wildman–Crippen LogP) is -0.281. The van der Waals surface area contributed by atoms with Crippen molar-refractivity contribution in [3.05, 3.63) is 56.4 Å². The van der Waals surface area contributed by atoms with Crippen molar-refractivity contribution in [2.45, 2.75) is 24.2 Å².